The Labute approximate surface area is 116 Å². The van der Waals surface area contributed by atoms with Gasteiger partial charge >= 0.3 is 0 Å². The van der Waals surface area contributed by atoms with Crippen LogP contribution < -0.4 is 4.72 Å². The van der Waals surface area contributed by atoms with Gasteiger partial charge in [-0.25, -0.2) is 8.42 Å². The van der Waals surface area contributed by atoms with Crippen molar-refractivity contribution in [2.45, 2.75) is 13.3 Å². The highest BCUT2D eigenvalue weighted by atomic mass is 35.5. The van der Waals surface area contributed by atoms with E-state index in [-0.39, 0.29) is 5.84 Å². The van der Waals surface area contributed by atoms with Crippen molar-refractivity contribution in [1.82, 2.24) is 4.72 Å². The van der Waals surface area contributed by atoms with E-state index in [2.05, 4.69) is 4.72 Å². The minimum Gasteiger partial charge on any atom is -0.288 e. The van der Waals surface area contributed by atoms with Gasteiger partial charge in [0.1, 0.15) is 5.84 Å². The lowest BCUT2D eigenvalue weighted by molar-refractivity contribution is 0.601. The molecule has 7 heteroatoms. The third kappa shape index (κ3) is 4.33. The first-order chi connectivity index (χ1) is 8.35. The van der Waals surface area contributed by atoms with Gasteiger partial charge in [0.2, 0.25) is 0 Å². The first-order valence-electron chi connectivity index (χ1n) is 5.08. The molecule has 0 spiro atoms. The number of amidine groups is 1. The summed E-state index contributed by atoms with van der Waals surface area (Å²) >= 11 is 11.8. The molecule has 0 saturated carbocycles. The highest BCUT2D eigenvalue weighted by molar-refractivity contribution is 7.93. The van der Waals surface area contributed by atoms with Gasteiger partial charge in [-0.2, -0.15) is 0 Å². The molecular formula is C11H12Cl2N2O2S. The molecule has 0 amide bonds. The Balaban J connectivity index is 2.97. The zero-order valence-electron chi connectivity index (χ0n) is 9.57. The van der Waals surface area contributed by atoms with E-state index in [1.165, 1.54) is 6.08 Å². The van der Waals surface area contributed by atoms with Gasteiger partial charge in [-0.05, 0) is 18.2 Å². The van der Waals surface area contributed by atoms with Gasteiger partial charge in [0, 0.05) is 22.0 Å². The fraction of sp³-hybridized carbons (Fsp3) is 0.182. The number of rotatable bonds is 4. The molecule has 1 aromatic carbocycles. The van der Waals surface area contributed by atoms with Gasteiger partial charge in [0.25, 0.3) is 10.0 Å². The van der Waals surface area contributed by atoms with E-state index in [1.807, 2.05) is 0 Å². The van der Waals surface area contributed by atoms with Crippen LogP contribution in [0, 0.1) is 5.41 Å². The summed E-state index contributed by atoms with van der Waals surface area (Å²) in [6, 6.07) is 4.89. The lowest BCUT2D eigenvalue weighted by atomic mass is 10.2. The molecule has 0 saturated heterocycles. The summed E-state index contributed by atoms with van der Waals surface area (Å²) in [7, 11) is -3.70. The molecule has 0 aliphatic rings. The van der Waals surface area contributed by atoms with Crippen molar-refractivity contribution in [3.8, 4) is 0 Å². The second-order valence-corrected chi connectivity index (χ2v) is 5.80. The summed E-state index contributed by atoms with van der Waals surface area (Å²) in [5.41, 5.74) is 0.425. The topological polar surface area (TPSA) is 70.0 Å². The molecule has 0 radical (unpaired) electrons. The lowest BCUT2D eigenvalue weighted by Gasteiger charge is -2.04. The number of nitrogens with one attached hydrogen (secondary N) is 2. The predicted molar refractivity (Wildman–Crippen MR) is 75.6 cm³/mol. The summed E-state index contributed by atoms with van der Waals surface area (Å²) < 4.78 is 25.2. The zero-order valence-corrected chi connectivity index (χ0v) is 11.9. The van der Waals surface area contributed by atoms with E-state index >= 15 is 0 Å². The van der Waals surface area contributed by atoms with Gasteiger partial charge in [-0.1, -0.05) is 36.2 Å². The average molecular weight is 307 g/mol. The largest absolute Gasteiger partial charge is 0.288 e. The summed E-state index contributed by atoms with van der Waals surface area (Å²) in [6.07, 6.45) is 1.61. The number of sulfonamides is 1. The van der Waals surface area contributed by atoms with Crippen LogP contribution in [-0.2, 0) is 10.0 Å². The lowest BCUT2D eigenvalue weighted by Crippen LogP contribution is -2.27. The minimum atomic E-state index is -3.70. The first-order valence-corrected chi connectivity index (χ1v) is 7.38. The monoisotopic (exact) mass is 306 g/mol. The van der Waals surface area contributed by atoms with E-state index in [9.17, 15) is 8.42 Å². The number of hydrogen-bond donors (Lipinski definition) is 2. The Hall–Kier alpha value is -1.04. The molecule has 98 valence electrons. The number of halogens is 2. The van der Waals surface area contributed by atoms with Crippen LogP contribution in [0.5, 0.6) is 0 Å². The second-order valence-electron chi connectivity index (χ2n) is 3.42. The van der Waals surface area contributed by atoms with Crippen molar-refractivity contribution in [2.75, 3.05) is 0 Å². The third-order valence-corrected chi connectivity index (χ3v) is 3.72. The van der Waals surface area contributed by atoms with Crippen molar-refractivity contribution in [3.05, 3.63) is 39.2 Å². The third-order valence-electron chi connectivity index (χ3n) is 2.03. The maximum atomic E-state index is 11.6. The van der Waals surface area contributed by atoms with Crippen LogP contribution in [0.3, 0.4) is 0 Å². The van der Waals surface area contributed by atoms with E-state index in [4.69, 9.17) is 28.6 Å². The molecule has 2 N–H and O–H groups in total. The van der Waals surface area contributed by atoms with Crippen LogP contribution in [-0.4, -0.2) is 14.3 Å². The van der Waals surface area contributed by atoms with Gasteiger partial charge in [0.15, 0.2) is 0 Å². The van der Waals surface area contributed by atoms with Crippen LogP contribution in [0.2, 0.25) is 10.0 Å². The minimum absolute atomic E-state index is 0.0788. The van der Waals surface area contributed by atoms with Crippen molar-refractivity contribution in [3.63, 3.8) is 0 Å². The highest BCUT2D eigenvalue weighted by Crippen LogP contribution is 2.25. The van der Waals surface area contributed by atoms with E-state index < -0.39 is 10.0 Å². The summed E-state index contributed by atoms with van der Waals surface area (Å²) in [6.45, 7) is 1.68. The maximum absolute atomic E-state index is 11.6. The van der Waals surface area contributed by atoms with Crippen LogP contribution in [0.1, 0.15) is 18.9 Å². The molecule has 0 fully saturated rings. The Kier molecular flexibility index (Phi) is 5.19. The molecule has 4 nitrogen and oxygen atoms in total. The summed E-state index contributed by atoms with van der Waals surface area (Å²) in [4.78, 5) is 0. The fourth-order valence-electron chi connectivity index (χ4n) is 1.11. The van der Waals surface area contributed by atoms with E-state index in [0.29, 0.717) is 22.0 Å². The van der Waals surface area contributed by atoms with Crippen LogP contribution in [0.4, 0.5) is 0 Å². The van der Waals surface area contributed by atoms with Crippen LogP contribution in [0.15, 0.2) is 23.6 Å². The first kappa shape index (κ1) is 15.0. The van der Waals surface area contributed by atoms with Crippen LogP contribution >= 0.6 is 23.2 Å². The second kappa shape index (κ2) is 6.22. The molecule has 0 atom stereocenters. The Bertz CT molecular complexity index is 562. The van der Waals surface area contributed by atoms with E-state index in [0.717, 1.165) is 5.41 Å². The van der Waals surface area contributed by atoms with Gasteiger partial charge < -0.3 is 0 Å². The SMILES string of the molecule is CCC(=N)NS(=O)(=O)/C=C/c1c(Cl)cccc1Cl. The smallest absolute Gasteiger partial charge is 0.255 e. The normalized spacial score (nSPS) is 11.7. The Morgan fingerprint density at radius 3 is 2.44 bits per heavy atom. The molecule has 0 unspecified atom stereocenters. The highest BCUT2D eigenvalue weighted by Gasteiger charge is 2.08. The average Bonchev–Trinajstić information content (AvgIpc) is 2.27. The Morgan fingerprint density at radius 1 is 1.39 bits per heavy atom. The zero-order chi connectivity index (χ0) is 13.8. The standard InChI is InChI=1S/C11H12Cl2N2O2S/c1-2-11(14)15-18(16,17)7-6-8-9(12)4-3-5-10(8)13/h3-7H,2H2,1H3,(H2,14,15)/b7-6+. The quantitative estimate of drug-likeness (QED) is 0.662. The van der Waals surface area contributed by atoms with Crippen molar-refractivity contribution < 1.29 is 8.42 Å². The molecule has 1 rings (SSSR count). The number of benzene rings is 1. The molecule has 1 aromatic rings. The van der Waals surface area contributed by atoms with Gasteiger partial charge in [-0.3, -0.25) is 10.1 Å². The fourth-order valence-corrected chi connectivity index (χ4v) is 2.50. The molecule has 18 heavy (non-hydrogen) atoms. The maximum Gasteiger partial charge on any atom is 0.255 e. The molecule has 0 aromatic heterocycles. The molecule has 0 bridgehead atoms. The summed E-state index contributed by atoms with van der Waals surface area (Å²) in [5, 5.41) is 8.94. The van der Waals surface area contributed by atoms with Crippen molar-refractivity contribution >= 4 is 45.1 Å². The van der Waals surface area contributed by atoms with Gasteiger partial charge in [-0.15, -0.1) is 0 Å². The van der Waals surface area contributed by atoms with Crippen molar-refractivity contribution in [1.29, 1.82) is 5.41 Å². The molecule has 0 heterocycles. The summed E-state index contributed by atoms with van der Waals surface area (Å²) in [5.74, 6) is -0.0788. The van der Waals surface area contributed by atoms with Crippen LogP contribution in [0.25, 0.3) is 6.08 Å². The predicted octanol–water partition coefficient (Wildman–Crippen LogP) is 3.27. The van der Waals surface area contributed by atoms with Gasteiger partial charge in [0.05, 0.1) is 5.41 Å². The molecule has 0 aliphatic carbocycles. The van der Waals surface area contributed by atoms with E-state index in [1.54, 1.807) is 25.1 Å². The van der Waals surface area contributed by atoms with Crippen molar-refractivity contribution in [2.24, 2.45) is 0 Å². The Morgan fingerprint density at radius 2 is 1.94 bits per heavy atom. The molecule has 0 aliphatic heterocycles. The number of hydrogen-bond acceptors (Lipinski definition) is 3. The molecular weight excluding hydrogens is 295 g/mol.